The van der Waals surface area contributed by atoms with E-state index < -0.39 is 17.8 Å². The van der Waals surface area contributed by atoms with Gasteiger partial charge in [-0.15, -0.1) is 0 Å². The number of hydrogen-bond donors (Lipinski definition) is 1. The molecule has 0 bridgehead atoms. The van der Waals surface area contributed by atoms with E-state index in [1.807, 2.05) is 30.3 Å². The molecule has 0 aliphatic carbocycles. The van der Waals surface area contributed by atoms with Crippen molar-refractivity contribution in [2.75, 3.05) is 19.5 Å². The Balaban J connectivity index is 1.66. The number of hydrogen-bond acceptors (Lipinski definition) is 7. The average molecular weight is 473 g/mol. The Morgan fingerprint density at radius 2 is 1.63 bits per heavy atom. The van der Waals surface area contributed by atoms with Crippen LogP contribution in [0, 0.1) is 6.92 Å². The van der Waals surface area contributed by atoms with Crippen molar-refractivity contribution in [2.45, 2.75) is 13.5 Å². The van der Waals surface area contributed by atoms with Gasteiger partial charge >= 0.3 is 11.9 Å². The molecule has 1 heterocycles. The normalized spacial score (nSPS) is 10.6. The number of methoxy groups -OCH3 is 2. The van der Waals surface area contributed by atoms with Crippen LogP contribution in [0.5, 0.6) is 5.75 Å². The van der Waals surface area contributed by atoms with Crippen LogP contribution in [0.2, 0.25) is 0 Å². The molecular weight excluding hydrogens is 450 g/mol. The van der Waals surface area contributed by atoms with E-state index >= 15 is 0 Å². The molecule has 0 aliphatic rings. The number of ether oxygens (including phenoxy) is 3. The second kappa shape index (κ2) is 10.1. The van der Waals surface area contributed by atoms with Crippen LogP contribution in [0.15, 0.2) is 71.1 Å². The minimum atomic E-state index is -0.665. The van der Waals surface area contributed by atoms with Gasteiger partial charge in [-0.1, -0.05) is 30.3 Å². The second-order valence-corrected chi connectivity index (χ2v) is 7.66. The summed E-state index contributed by atoms with van der Waals surface area (Å²) in [6.07, 6.45) is 0. The molecule has 0 atom stereocenters. The third-order valence-corrected chi connectivity index (χ3v) is 5.41. The summed E-state index contributed by atoms with van der Waals surface area (Å²) in [4.78, 5) is 37.6. The lowest BCUT2D eigenvalue weighted by Gasteiger charge is -2.11. The first-order valence-corrected chi connectivity index (χ1v) is 10.7. The number of anilines is 1. The SMILES string of the molecule is COC(=O)c1ccc(C(=O)OC)c(NC(=O)c2c(C)oc3ccc(OCc4ccccc4)cc23)c1. The summed E-state index contributed by atoms with van der Waals surface area (Å²) >= 11 is 0. The van der Waals surface area contributed by atoms with Gasteiger partial charge in [-0.25, -0.2) is 9.59 Å². The lowest BCUT2D eigenvalue weighted by atomic mass is 10.1. The van der Waals surface area contributed by atoms with E-state index in [1.54, 1.807) is 25.1 Å². The zero-order valence-electron chi connectivity index (χ0n) is 19.4. The molecular formula is C27H23NO7. The van der Waals surface area contributed by atoms with Crippen LogP contribution in [-0.4, -0.2) is 32.1 Å². The van der Waals surface area contributed by atoms with E-state index in [1.165, 1.54) is 32.4 Å². The number of aryl methyl sites for hydroxylation is 1. The molecule has 0 unspecified atom stereocenters. The first kappa shape index (κ1) is 23.6. The number of benzene rings is 3. The molecule has 0 spiro atoms. The van der Waals surface area contributed by atoms with Crippen LogP contribution < -0.4 is 10.1 Å². The predicted octanol–water partition coefficient (Wildman–Crippen LogP) is 5.15. The van der Waals surface area contributed by atoms with Gasteiger partial charge in [0.2, 0.25) is 0 Å². The summed E-state index contributed by atoms with van der Waals surface area (Å²) in [7, 11) is 2.47. The van der Waals surface area contributed by atoms with Gasteiger partial charge < -0.3 is 23.9 Å². The molecule has 4 aromatic rings. The van der Waals surface area contributed by atoms with Crippen molar-refractivity contribution in [3.05, 3.63) is 94.7 Å². The van der Waals surface area contributed by atoms with Crippen LogP contribution in [-0.2, 0) is 16.1 Å². The highest BCUT2D eigenvalue weighted by atomic mass is 16.5. The smallest absolute Gasteiger partial charge is 0.339 e. The zero-order chi connectivity index (χ0) is 24.9. The van der Waals surface area contributed by atoms with E-state index in [9.17, 15) is 14.4 Å². The van der Waals surface area contributed by atoms with Crippen molar-refractivity contribution in [3.63, 3.8) is 0 Å². The van der Waals surface area contributed by atoms with Gasteiger partial charge in [-0.05, 0) is 48.9 Å². The third-order valence-electron chi connectivity index (χ3n) is 5.41. The molecule has 0 fully saturated rings. The molecule has 0 saturated carbocycles. The van der Waals surface area contributed by atoms with E-state index in [0.29, 0.717) is 29.1 Å². The van der Waals surface area contributed by atoms with E-state index in [2.05, 4.69) is 5.32 Å². The Morgan fingerprint density at radius 3 is 2.34 bits per heavy atom. The molecule has 0 saturated heterocycles. The van der Waals surface area contributed by atoms with Gasteiger partial charge in [0.1, 0.15) is 23.7 Å². The lowest BCUT2D eigenvalue weighted by molar-refractivity contribution is 0.0587. The molecule has 3 aromatic carbocycles. The van der Waals surface area contributed by atoms with E-state index in [0.717, 1.165) is 5.56 Å². The topological polar surface area (TPSA) is 104 Å². The molecule has 35 heavy (non-hydrogen) atoms. The monoisotopic (exact) mass is 473 g/mol. The van der Waals surface area contributed by atoms with Crippen molar-refractivity contribution in [3.8, 4) is 5.75 Å². The summed E-state index contributed by atoms with van der Waals surface area (Å²) in [5, 5.41) is 3.26. The number of rotatable bonds is 7. The van der Waals surface area contributed by atoms with Gasteiger partial charge in [0.05, 0.1) is 36.6 Å². The third kappa shape index (κ3) is 5.01. The van der Waals surface area contributed by atoms with Crippen LogP contribution in [0.4, 0.5) is 5.69 Å². The largest absolute Gasteiger partial charge is 0.489 e. The average Bonchev–Trinajstić information content (AvgIpc) is 3.22. The summed E-state index contributed by atoms with van der Waals surface area (Å²) in [5.74, 6) is -0.835. The second-order valence-electron chi connectivity index (χ2n) is 7.66. The van der Waals surface area contributed by atoms with Gasteiger partial charge in [-0.3, -0.25) is 4.79 Å². The van der Waals surface area contributed by atoms with Gasteiger partial charge in [0, 0.05) is 5.39 Å². The molecule has 0 aliphatic heterocycles. The van der Waals surface area contributed by atoms with Crippen molar-refractivity contribution in [1.29, 1.82) is 0 Å². The first-order valence-electron chi connectivity index (χ1n) is 10.7. The molecule has 178 valence electrons. The molecule has 1 aromatic heterocycles. The summed E-state index contributed by atoms with van der Waals surface area (Å²) in [5.41, 5.74) is 2.16. The Kier molecular flexibility index (Phi) is 6.82. The van der Waals surface area contributed by atoms with Crippen LogP contribution in [0.25, 0.3) is 11.0 Å². The summed E-state index contributed by atoms with van der Waals surface area (Å²) in [6, 6.07) is 19.1. The fourth-order valence-electron chi connectivity index (χ4n) is 3.68. The molecule has 8 heteroatoms. The molecule has 4 rings (SSSR count). The quantitative estimate of drug-likeness (QED) is 0.370. The minimum absolute atomic E-state index is 0.0887. The Bertz CT molecular complexity index is 1410. The van der Waals surface area contributed by atoms with Crippen molar-refractivity contribution in [1.82, 2.24) is 0 Å². The molecule has 1 N–H and O–H groups in total. The van der Waals surface area contributed by atoms with Crippen molar-refractivity contribution >= 4 is 34.5 Å². The number of amides is 1. The van der Waals surface area contributed by atoms with Crippen LogP contribution >= 0.6 is 0 Å². The maximum absolute atomic E-state index is 13.3. The number of fused-ring (bicyclic) bond motifs is 1. The predicted molar refractivity (Wildman–Crippen MR) is 129 cm³/mol. The van der Waals surface area contributed by atoms with Gasteiger partial charge in [0.15, 0.2) is 0 Å². The van der Waals surface area contributed by atoms with Crippen molar-refractivity contribution in [2.24, 2.45) is 0 Å². The van der Waals surface area contributed by atoms with Gasteiger partial charge in [0.25, 0.3) is 5.91 Å². The lowest BCUT2D eigenvalue weighted by Crippen LogP contribution is -2.17. The van der Waals surface area contributed by atoms with Crippen LogP contribution in [0.3, 0.4) is 0 Å². The number of carbonyl (C=O) groups excluding carboxylic acids is 3. The fraction of sp³-hybridized carbons (Fsp3) is 0.148. The van der Waals surface area contributed by atoms with Crippen molar-refractivity contribution < 1.29 is 33.0 Å². The molecule has 8 nitrogen and oxygen atoms in total. The Morgan fingerprint density at radius 1 is 0.886 bits per heavy atom. The summed E-state index contributed by atoms with van der Waals surface area (Å²) in [6.45, 7) is 2.04. The highest BCUT2D eigenvalue weighted by molar-refractivity contribution is 6.15. The fourth-order valence-corrected chi connectivity index (χ4v) is 3.68. The highest BCUT2D eigenvalue weighted by Crippen LogP contribution is 2.31. The van der Waals surface area contributed by atoms with E-state index in [-0.39, 0.29) is 22.4 Å². The van der Waals surface area contributed by atoms with Gasteiger partial charge in [-0.2, -0.15) is 0 Å². The van der Waals surface area contributed by atoms with Crippen LogP contribution in [0.1, 0.15) is 42.4 Å². The number of furan rings is 1. The zero-order valence-corrected chi connectivity index (χ0v) is 19.4. The maximum atomic E-state index is 13.3. The Hall–Kier alpha value is -4.59. The minimum Gasteiger partial charge on any atom is -0.489 e. The number of esters is 2. The first-order chi connectivity index (χ1) is 16.9. The highest BCUT2D eigenvalue weighted by Gasteiger charge is 2.22. The van der Waals surface area contributed by atoms with E-state index in [4.69, 9.17) is 18.6 Å². The molecule has 1 amide bonds. The standard InChI is InChI=1S/C27H23NO7/c1-16-24(21-14-19(10-12-23(21)35-16)34-15-17-7-5-4-6-8-17)25(29)28-22-13-18(26(30)32-2)9-11-20(22)27(31)33-3/h4-14H,15H2,1-3H3,(H,28,29). The maximum Gasteiger partial charge on any atom is 0.339 e. The Labute approximate surface area is 201 Å². The summed E-state index contributed by atoms with van der Waals surface area (Å²) < 4.78 is 21.2. The number of nitrogens with one attached hydrogen (secondary N) is 1. The number of carbonyl (C=O) groups is 3. The molecule has 0 radical (unpaired) electrons.